The molecule has 1 aromatic carbocycles. The molecule has 3 amide bonds. The number of hydrogen-bond donors (Lipinski definition) is 3. The molecule has 4 aliphatic rings. The summed E-state index contributed by atoms with van der Waals surface area (Å²) in [7, 11) is 0. The molecule has 2 saturated heterocycles. The van der Waals surface area contributed by atoms with Crippen LogP contribution in [0.4, 0.5) is 5.69 Å². The zero-order valence-corrected chi connectivity index (χ0v) is 15.9. The van der Waals surface area contributed by atoms with Gasteiger partial charge < -0.3 is 15.7 Å². The van der Waals surface area contributed by atoms with Crippen LogP contribution < -0.4 is 10.6 Å². The Bertz CT molecular complexity index is 863. The number of anilines is 1. The van der Waals surface area contributed by atoms with E-state index in [1.807, 2.05) is 24.3 Å². The van der Waals surface area contributed by atoms with Gasteiger partial charge in [0.15, 0.2) is 0 Å². The van der Waals surface area contributed by atoms with E-state index in [1.165, 1.54) is 4.90 Å². The molecule has 0 aromatic heterocycles. The Hall–Kier alpha value is -2.25. The standard InChI is InChI=1S/C21H25N3O4/c1-11(25)17-15-16(19(27)24(18(15)26)12-7-3-2-4-8-12)21(23-17)13-9-5-6-10-14(13)22-20(21)28/h5-6,9-12,15-17,23,25H,2-4,7-8H2,1H3,(H,22,28)/p+1/t11-,15+,16-,17-,21+/m1/s1. The number of fused-ring (bicyclic) bond motifs is 4. The summed E-state index contributed by atoms with van der Waals surface area (Å²) in [4.78, 5) is 41.7. The van der Waals surface area contributed by atoms with Crippen molar-refractivity contribution in [1.29, 1.82) is 0 Å². The summed E-state index contributed by atoms with van der Waals surface area (Å²) in [6.07, 6.45) is 4.00. The van der Waals surface area contributed by atoms with Crippen molar-refractivity contribution in [2.24, 2.45) is 11.8 Å². The molecule has 1 spiro atoms. The first-order valence-corrected chi connectivity index (χ1v) is 10.3. The first-order valence-electron chi connectivity index (χ1n) is 10.3. The lowest BCUT2D eigenvalue weighted by atomic mass is 9.76. The predicted octanol–water partition coefficient (Wildman–Crippen LogP) is 0.0943. The van der Waals surface area contributed by atoms with Gasteiger partial charge in [0, 0.05) is 11.6 Å². The number of hydrogen-bond acceptors (Lipinski definition) is 4. The van der Waals surface area contributed by atoms with Crippen LogP contribution in [0.1, 0.15) is 44.6 Å². The molecule has 0 bridgehead atoms. The summed E-state index contributed by atoms with van der Waals surface area (Å²) in [6.45, 7) is 1.64. The molecule has 5 atom stereocenters. The van der Waals surface area contributed by atoms with Crippen LogP contribution in [0.3, 0.4) is 0 Å². The number of carbonyl (C=O) groups is 3. The first kappa shape index (κ1) is 17.8. The Labute approximate surface area is 163 Å². The zero-order chi connectivity index (χ0) is 19.6. The number of quaternary nitrogens is 1. The average Bonchev–Trinajstić information content (AvgIpc) is 3.28. The van der Waals surface area contributed by atoms with Crippen LogP contribution >= 0.6 is 0 Å². The zero-order valence-electron chi connectivity index (χ0n) is 15.9. The number of rotatable bonds is 2. The predicted molar refractivity (Wildman–Crippen MR) is 99.8 cm³/mol. The number of nitrogens with zero attached hydrogens (tertiary/aromatic N) is 1. The Morgan fingerprint density at radius 3 is 2.57 bits per heavy atom. The van der Waals surface area contributed by atoms with Crippen molar-refractivity contribution in [2.75, 3.05) is 5.32 Å². The summed E-state index contributed by atoms with van der Waals surface area (Å²) in [5, 5.41) is 15.1. The van der Waals surface area contributed by atoms with E-state index in [0.717, 1.165) is 37.7 Å². The fourth-order valence-electron chi connectivity index (χ4n) is 6.00. The van der Waals surface area contributed by atoms with E-state index in [-0.39, 0.29) is 23.8 Å². The molecule has 0 unspecified atom stereocenters. The number of benzene rings is 1. The molecule has 4 N–H and O–H groups in total. The molecule has 1 saturated carbocycles. The third-order valence-corrected chi connectivity index (χ3v) is 7.24. The molecule has 1 aromatic rings. The molecule has 7 nitrogen and oxygen atoms in total. The molecule has 7 heteroatoms. The summed E-state index contributed by atoms with van der Waals surface area (Å²) in [5.74, 6) is -2.17. The van der Waals surface area contributed by atoms with Gasteiger partial charge in [-0.15, -0.1) is 0 Å². The average molecular weight is 384 g/mol. The third-order valence-electron chi connectivity index (χ3n) is 7.24. The van der Waals surface area contributed by atoms with Crippen LogP contribution in [-0.2, 0) is 19.9 Å². The van der Waals surface area contributed by atoms with E-state index in [2.05, 4.69) is 5.32 Å². The maximum absolute atomic E-state index is 13.6. The second-order valence-electron chi connectivity index (χ2n) is 8.70. The van der Waals surface area contributed by atoms with Crippen LogP contribution in [0.2, 0.25) is 0 Å². The van der Waals surface area contributed by atoms with Crippen molar-refractivity contribution in [3.05, 3.63) is 29.8 Å². The minimum absolute atomic E-state index is 0.0780. The Kier molecular flexibility index (Phi) is 3.90. The number of para-hydroxylation sites is 1. The molecular weight excluding hydrogens is 358 g/mol. The summed E-state index contributed by atoms with van der Waals surface area (Å²) < 4.78 is 0. The molecule has 0 radical (unpaired) electrons. The first-order chi connectivity index (χ1) is 13.5. The normalized spacial score (nSPS) is 36.0. The van der Waals surface area contributed by atoms with Gasteiger partial charge in [-0.1, -0.05) is 37.5 Å². The van der Waals surface area contributed by atoms with Gasteiger partial charge in [-0.25, -0.2) is 0 Å². The van der Waals surface area contributed by atoms with Crippen LogP contribution in [0.5, 0.6) is 0 Å². The lowest BCUT2D eigenvalue weighted by molar-refractivity contribution is -0.738. The van der Waals surface area contributed by atoms with Gasteiger partial charge in [0.2, 0.25) is 17.4 Å². The second-order valence-corrected chi connectivity index (χ2v) is 8.70. The summed E-state index contributed by atoms with van der Waals surface area (Å²) in [6, 6.07) is 6.76. The maximum Gasteiger partial charge on any atom is 0.291 e. The molecule has 5 rings (SSSR count). The highest BCUT2D eigenvalue weighted by molar-refractivity contribution is 6.14. The molecule has 28 heavy (non-hydrogen) atoms. The number of carbonyl (C=O) groups excluding carboxylic acids is 3. The monoisotopic (exact) mass is 384 g/mol. The van der Waals surface area contributed by atoms with Crippen molar-refractivity contribution < 1.29 is 24.8 Å². The lowest BCUT2D eigenvalue weighted by Gasteiger charge is -2.32. The van der Waals surface area contributed by atoms with Crippen molar-refractivity contribution in [1.82, 2.24) is 4.90 Å². The smallest absolute Gasteiger partial charge is 0.291 e. The topological polar surface area (TPSA) is 103 Å². The number of likely N-dealkylation sites (tertiary alicyclic amines) is 1. The minimum Gasteiger partial charge on any atom is -0.387 e. The minimum atomic E-state index is -1.18. The van der Waals surface area contributed by atoms with Crippen molar-refractivity contribution in [2.45, 2.75) is 62.8 Å². The van der Waals surface area contributed by atoms with Crippen LogP contribution in [-0.4, -0.2) is 45.9 Å². The Morgan fingerprint density at radius 1 is 1.14 bits per heavy atom. The molecule has 3 aliphatic heterocycles. The fraction of sp³-hybridized carbons (Fsp3) is 0.571. The van der Waals surface area contributed by atoms with Gasteiger partial charge in [-0.3, -0.25) is 19.3 Å². The number of aliphatic hydroxyl groups is 1. The van der Waals surface area contributed by atoms with Crippen LogP contribution in [0.15, 0.2) is 24.3 Å². The van der Waals surface area contributed by atoms with Crippen molar-refractivity contribution >= 4 is 23.4 Å². The highest BCUT2D eigenvalue weighted by Gasteiger charge is 2.75. The van der Waals surface area contributed by atoms with Crippen LogP contribution in [0, 0.1) is 11.8 Å². The molecule has 148 valence electrons. The Balaban J connectivity index is 1.63. The highest BCUT2D eigenvalue weighted by atomic mass is 16.3. The summed E-state index contributed by atoms with van der Waals surface area (Å²) in [5.41, 5.74) is 0.244. The van der Waals surface area contributed by atoms with E-state index < -0.39 is 29.5 Å². The number of amides is 3. The van der Waals surface area contributed by atoms with E-state index in [1.54, 1.807) is 12.2 Å². The SMILES string of the molecule is C[C@@H](O)[C@H]1[NH2+][C@]2(C(=O)Nc3ccccc32)[C@H]2C(=O)N(C3CCCCC3)C(=O)[C@H]12. The fourth-order valence-corrected chi connectivity index (χ4v) is 6.00. The maximum atomic E-state index is 13.6. The van der Waals surface area contributed by atoms with Crippen molar-refractivity contribution in [3.63, 3.8) is 0 Å². The van der Waals surface area contributed by atoms with Gasteiger partial charge in [0.05, 0.1) is 5.69 Å². The van der Waals surface area contributed by atoms with Crippen molar-refractivity contribution in [3.8, 4) is 0 Å². The van der Waals surface area contributed by atoms with E-state index in [4.69, 9.17) is 0 Å². The molecule has 3 heterocycles. The van der Waals surface area contributed by atoms with Gasteiger partial charge in [-0.2, -0.15) is 0 Å². The van der Waals surface area contributed by atoms with Gasteiger partial charge in [0.1, 0.15) is 24.0 Å². The van der Waals surface area contributed by atoms with E-state index in [9.17, 15) is 19.5 Å². The molecule has 1 aliphatic carbocycles. The largest absolute Gasteiger partial charge is 0.387 e. The second kappa shape index (κ2) is 6.12. The summed E-state index contributed by atoms with van der Waals surface area (Å²) >= 11 is 0. The lowest BCUT2D eigenvalue weighted by Crippen LogP contribution is -3.00. The number of aliphatic hydroxyl groups excluding tert-OH is 1. The van der Waals surface area contributed by atoms with E-state index >= 15 is 0 Å². The number of nitrogens with one attached hydrogen (secondary N) is 1. The van der Waals surface area contributed by atoms with Gasteiger partial charge in [0.25, 0.3) is 5.91 Å². The van der Waals surface area contributed by atoms with Gasteiger partial charge >= 0.3 is 0 Å². The Morgan fingerprint density at radius 2 is 1.86 bits per heavy atom. The highest BCUT2D eigenvalue weighted by Crippen LogP contribution is 2.50. The quantitative estimate of drug-likeness (QED) is 0.629. The number of imide groups is 1. The molecule has 3 fully saturated rings. The van der Waals surface area contributed by atoms with Crippen LogP contribution in [0.25, 0.3) is 0 Å². The molecular formula is C21H26N3O4+. The number of nitrogens with two attached hydrogens (primary N) is 1. The third kappa shape index (κ3) is 2.14. The van der Waals surface area contributed by atoms with Gasteiger partial charge in [-0.05, 0) is 25.8 Å². The van der Waals surface area contributed by atoms with E-state index in [0.29, 0.717) is 5.69 Å².